The molecule has 7 nitrogen and oxygen atoms in total. The lowest BCUT2D eigenvalue weighted by atomic mass is 9.98. The highest BCUT2D eigenvalue weighted by atomic mass is 32.2. The molecule has 1 amide bonds. The van der Waals surface area contributed by atoms with Gasteiger partial charge in [0.15, 0.2) is 0 Å². The minimum absolute atomic E-state index is 0.242. The first-order chi connectivity index (χ1) is 17.7. The van der Waals surface area contributed by atoms with Gasteiger partial charge >= 0.3 is 0 Å². The monoisotopic (exact) mass is 516 g/mol. The van der Waals surface area contributed by atoms with Gasteiger partial charge in [0.1, 0.15) is 0 Å². The van der Waals surface area contributed by atoms with Crippen LogP contribution in [0, 0.1) is 5.92 Å². The quantitative estimate of drug-likeness (QED) is 0.375. The van der Waals surface area contributed by atoms with Crippen LogP contribution in [0.25, 0.3) is 11.3 Å². The maximum absolute atomic E-state index is 13.2. The SMILES string of the molecule is CC1CCN(Cc2ccc(N/C(=C3\C(=O)Nc4ccc(NS(C)(=O)=O)cc43)c3ccccc3)cc2)CC1. The second-order valence-electron chi connectivity index (χ2n) is 9.99. The Hall–Kier alpha value is -3.62. The van der Waals surface area contributed by atoms with Crippen molar-refractivity contribution in [3.63, 3.8) is 0 Å². The summed E-state index contributed by atoms with van der Waals surface area (Å²) in [7, 11) is -3.45. The molecular formula is C29H32N4O3S. The van der Waals surface area contributed by atoms with Crippen LogP contribution >= 0.6 is 0 Å². The Bertz CT molecular complexity index is 1430. The van der Waals surface area contributed by atoms with E-state index in [0.717, 1.165) is 43.1 Å². The van der Waals surface area contributed by atoms with Crippen molar-refractivity contribution >= 4 is 44.3 Å². The molecule has 192 valence electrons. The van der Waals surface area contributed by atoms with Crippen LogP contribution in [0.4, 0.5) is 17.1 Å². The first kappa shape index (κ1) is 25.0. The molecule has 3 aromatic carbocycles. The lowest BCUT2D eigenvalue weighted by Gasteiger charge is -2.30. The van der Waals surface area contributed by atoms with Crippen molar-refractivity contribution in [2.75, 3.05) is 34.7 Å². The number of carbonyl (C=O) groups is 1. The molecule has 5 rings (SSSR count). The Morgan fingerprint density at radius 2 is 1.65 bits per heavy atom. The Morgan fingerprint density at radius 3 is 2.32 bits per heavy atom. The maximum Gasteiger partial charge on any atom is 0.258 e. The molecule has 0 bridgehead atoms. The van der Waals surface area contributed by atoms with E-state index >= 15 is 0 Å². The maximum atomic E-state index is 13.2. The fourth-order valence-electron chi connectivity index (χ4n) is 4.89. The summed E-state index contributed by atoms with van der Waals surface area (Å²) in [6, 6.07) is 23.1. The van der Waals surface area contributed by atoms with Gasteiger partial charge in [0, 0.05) is 29.2 Å². The Balaban J connectivity index is 1.47. The summed E-state index contributed by atoms with van der Waals surface area (Å²) in [5.41, 5.74) is 5.79. The van der Waals surface area contributed by atoms with Gasteiger partial charge in [0.05, 0.1) is 17.5 Å². The molecule has 0 radical (unpaired) electrons. The summed E-state index contributed by atoms with van der Waals surface area (Å²) in [5.74, 6) is 0.567. The van der Waals surface area contributed by atoms with Crippen molar-refractivity contribution < 1.29 is 13.2 Å². The van der Waals surface area contributed by atoms with Crippen LogP contribution in [-0.4, -0.2) is 38.6 Å². The van der Waals surface area contributed by atoms with Crippen molar-refractivity contribution in [1.29, 1.82) is 0 Å². The van der Waals surface area contributed by atoms with E-state index in [9.17, 15) is 13.2 Å². The zero-order valence-electron chi connectivity index (χ0n) is 21.1. The van der Waals surface area contributed by atoms with Crippen LogP contribution in [-0.2, 0) is 21.4 Å². The van der Waals surface area contributed by atoms with Gasteiger partial charge in [-0.1, -0.05) is 49.4 Å². The molecule has 0 aromatic heterocycles. The zero-order valence-corrected chi connectivity index (χ0v) is 21.9. The first-order valence-corrected chi connectivity index (χ1v) is 14.5. The van der Waals surface area contributed by atoms with Crippen molar-refractivity contribution in [3.05, 3.63) is 89.5 Å². The molecule has 0 atom stereocenters. The number of nitrogens with zero attached hydrogens (tertiary/aromatic N) is 1. The summed E-state index contributed by atoms with van der Waals surface area (Å²) >= 11 is 0. The third kappa shape index (κ3) is 6.03. The molecule has 8 heteroatoms. The van der Waals surface area contributed by atoms with E-state index in [2.05, 4.69) is 39.3 Å². The van der Waals surface area contributed by atoms with E-state index in [1.807, 2.05) is 42.5 Å². The molecule has 3 N–H and O–H groups in total. The van der Waals surface area contributed by atoms with E-state index in [-0.39, 0.29) is 5.91 Å². The van der Waals surface area contributed by atoms with Crippen LogP contribution in [0.2, 0.25) is 0 Å². The number of hydrogen-bond donors (Lipinski definition) is 3. The Morgan fingerprint density at radius 1 is 0.973 bits per heavy atom. The number of hydrogen-bond acceptors (Lipinski definition) is 5. The molecule has 2 aliphatic rings. The second-order valence-corrected chi connectivity index (χ2v) is 11.7. The van der Waals surface area contributed by atoms with Crippen LogP contribution < -0.4 is 15.4 Å². The van der Waals surface area contributed by atoms with Gasteiger partial charge in [-0.25, -0.2) is 8.42 Å². The normalized spacial score (nSPS) is 17.7. The van der Waals surface area contributed by atoms with E-state index in [4.69, 9.17) is 0 Å². The lowest BCUT2D eigenvalue weighted by molar-refractivity contribution is -0.110. The molecule has 0 unspecified atom stereocenters. The molecule has 0 spiro atoms. The lowest BCUT2D eigenvalue weighted by Crippen LogP contribution is -2.32. The van der Waals surface area contributed by atoms with Gasteiger partial charge in [-0.3, -0.25) is 14.4 Å². The van der Waals surface area contributed by atoms with E-state index in [0.29, 0.717) is 28.2 Å². The smallest absolute Gasteiger partial charge is 0.258 e. The van der Waals surface area contributed by atoms with E-state index < -0.39 is 10.0 Å². The molecule has 3 aromatic rings. The largest absolute Gasteiger partial charge is 0.354 e. The number of nitrogens with one attached hydrogen (secondary N) is 3. The highest BCUT2D eigenvalue weighted by Crippen LogP contribution is 2.39. The Kier molecular flexibility index (Phi) is 7.04. The standard InChI is InChI=1S/C29H32N4O3S/c1-20-14-16-33(17-15-20)19-21-8-10-23(11-9-21)30-28(22-6-4-3-5-7-22)27-25-18-24(32-37(2,35)36)12-13-26(25)31-29(27)34/h3-13,18,20,30,32H,14-17,19H2,1-2H3,(H,31,34)/b28-27-. The fraction of sp³-hybridized carbons (Fsp3) is 0.276. The predicted molar refractivity (Wildman–Crippen MR) is 151 cm³/mol. The molecule has 2 aliphatic heterocycles. The molecular weight excluding hydrogens is 484 g/mol. The highest BCUT2D eigenvalue weighted by molar-refractivity contribution is 7.92. The van der Waals surface area contributed by atoms with Crippen LogP contribution in [0.5, 0.6) is 0 Å². The average Bonchev–Trinajstić information content (AvgIpc) is 3.19. The average molecular weight is 517 g/mol. The second kappa shape index (κ2) is 10.4. The van der Waals surface area contributed by atoms with Gasteiger partial charge in [-0.05, 0) is 73.3 Å². The number of likely N-dealkylation sites (tertiary alicyclic amines) is 1. The van der Waals surface area contributed by atoms with Crippen molar-refractivity contribution in [3.8, 4) is 0 Å². The molecule has 0 saturated carbocycles. The third-order valence-corrected chi connectivity index (χ3v) is 7.49. The summed E-state index contributed by atoms with van der Waals surface area (Å²) < 4.78 is 26.1. The number of fused-ring (bicyclic) bond motifs is 1. The topological polar surface area (TPSA) is 90.5 Å². The fourth-order valence-corrected chi connectivity index (χ4v) is 5.45. The molecule has 1 fully saturated rings. The van der Waals surface area contributed by atoms with Crippen LogP contribution in [0.3, 0.4) is 0 Å². The number of rotatable bonds is 7. The highest BCUT2D eigenvalue weighted by Gasteiger charge is 2.29. The third-order valence-electron chi connectivity index (χ3n) is 6.89. The number of piperidine rings is 1. The number of carbonyl (C=O) groups excluding carboxylic acids is 1. The van der Waals surface area contributed by atoms with Gasteiger partial charge in [-0.15, -0.1) is 0 Å². The van der Waals surface area contributed by atoms with Gasteiger partial charge in [-0.2, -0.15) is 0 Å². The first-order valence-electron chi connectivity index (χ1n) is 12.6. The number of sulfonamides is 1. The summed E-state index contributed by atoms with van der Waals surface area (Å²) in [5, 5.41) is 6.39. The minimum Gasteiger partial charge on any atom is -0.354 e. The number of anilines is 3. The zero-order chi connectivity index (χ0) is 26.0. The Labute approximate surface area is 218 Å². The molecule has 2 heterocycles. The molecule has 1 saturated heterocycles. The van der Waals surface area contributed by atoms with Crippen molar-refractivity contribution in [1.82, 2.24) is 4.90 Å². The van der Waals surface area contributed by atoms with Gasteiger partial charge in [0.25, 0.3) is 5.91 Å². The van der Waals surface area contributed by atoms with Gasteiger partial charge in [0.2, 0.25) is 10.0 Å². The van der Waals surface area contributed by atoms with E-state index in [1.54, 1.807) is 18.2 Å². The minimum atomic E-state index is -3.45. The van der Waals surface area contributed by atoms with E-state index in [1.165, 1.54) is 18.4 Å². The summed E-state index contributed by atoms with van der Waals surface area (Å²) in [4.78, 5) is 15.7. The number of amides is 1. The van der Waals surface area contributed by atoms with Gasteiger partial charge < -0.3 is 10.6 Å². The molecule has 37 heavy (non-hydrogen) atoms. The van der Waals surface area contributed by atoms with Crippen molar-refractivity contribution in [2.45, 2.75) is 26.3 Å². The molecule has 0 aliphatic carbocycles. The predicted octanol–water partition coefficient (Wildman–Crippen LogP) is 5.22. The number of benzene rings is 3. The van der Waals surface area contributed by atoms with Crippen LogP contribution in [0.15, 0.2) is 72.8 Å². The van der Waals surface area contributed by atoms with Crippen LogP contribution in [0.1, 0.15) is 36.5 Å². The summed E-state index contributed by atoms with van der Waals surface area (Å²) in [6.45, 7) is 5.53. The van der Waals surface area contributed by atoms with Crippen molar-refractivity contribution in [2.24, 2.45) is 5.92 Å². The summed E-state index contributed by atoms with van der Waals surface area (Å²) in [6.07, 6.45) is 3.60.